The van der Waals surface area contributed by atoms with E-state index in [1.807, 2.05) is 19.4 Å². The monoisotopic (exact) mass is 277 g/mol. The predicted molar refractivity (Wildman–Crippen MR) is 71.8 cm³/mol. The minimum absolute atomic E-state index is 0.0752. The van der Waals surface area contributed by atoms with Crippen LogP contribution in [0.15, 0.2) is 35.6 Å². The lowest BCUT2D eigenvalue weighted by atomic mass is 10.1. The van der Waals surface area contributed by atoms with Gasteiger partial charge in [-0.25, -0.2) is 4.98 Å². The first-order valence-electron chi connectivity index (χ1n) is 5.71. The second kappa shape index (κ2) is 5.75. The first kappa shape index (κ1) is 13.4. The molecular formula is C12H13N4O2S+. The van der Waals surface area contributed by atoms with Crippen LogP contribution >= 0.6 is 11.8 Å². The van der Waals surface area contributed by atoms with Crippen LogP contribution in [0.3, 0.4) is 0 Å². The molecule has 2 aromatic rings. The van der Waals surface area contributed by atoms with Gasteiger partial charge in [0.1, 0.15) is 5.69 Å². The second-order valence-electron chi connectivity index (χ2n) is 3.77. The van der Waals surface area contributed by atoms with Crippen molar-refractivity contribution in [3.05, 3.63) is 40.6 Å². The maximum absolute atomic E-state index is 10.6. The summed E-state index contributed by atoms with van der Waals surface area (Å²) >= 11 is 1.46. The number of nitro groups is 1. The van der Waals surface area contributed by atoms with Crippen molar-refractivity contribution in [3.63, 3.8) is 0 Å². The Kier molecular flexibility index (Phi) is 4.06. The highest BCUT2D eigenvalue weighted by molar-refractivity contribution is 7.98. The number of hydrogen-bond acceptors (Lipinski definition) is 5. The molecule has 1 aromatic heterocycles. The van der Waals surface area contributed by atoms with Crippen molar-refractivity contribution in [2.75, 3.05) is 6.26 Å². The van der Waals surface area contributed by atoms with E-state index in [9.17, 15) is 10.1 Å². The summed E-state index contributed by atoms with van der Waals surface area (Å²) in [4.78, 5) is 14.6. The highest BCUT2D eigenvalue weighted by Gasteiger charge is 2.12. The van der Waals surface area contributed by atoms with E-state index < -0.39 is 4.92 Å². The van der Waals surface area contributed by atoms with E-state index in [0.717, 1.165) is 17.8 Å². The Hall–Kier alpha value is -2.02. The third-order valence-corrected chi connectivity index (χ3v) is 3.12. The van der Waals surface area contributed by atoms with Gasteiger partial charge in [0.2, 0.25) is 6.20 Å². The maximum Gasteiger partial charge on any atom is 0.269 e. The van der Waals surface area contributed by atoms with Gasteiger partial charge < -0.3 is 0 Å². The third kappa shape index (κ3) is 3.05. The molecule has 0 bridgehead atoms. The largest absolute Gasteiger partial charge is 0.269 e. The molecule has 1 aromatic carbocycles. The van der Waals surface area contributed by atoms with Crippen LogP contribution in [0.1, 0.15) is 6.92 Å². The van der Waals surface area contributed by atoms with Crippen LogP contribution in [0.2, 0.25) is 0 Å². The van der Waals surface area contributed by atoms with Gasteiger partial charge in [0.05, 0.1) is 4.92 Å². The summed E-state index contributed by atoms with van der Waals surface area (Å²) in [7, 11) is 0. The number of nitrogens with zero attached hydrogens (tertiary/aromatic N) is 4. The van der Waals surface area contributed by atoms with E-state index in [2.05, 4.69) is 10.1 Å². The predicted octanol–water partition coefficient (Wildman–Crippen LogP) is 2.08. The number of nitro benzene ring substituents is 1. The molecule has 1 heterocycles. The fourth-order valence-electron chi connectivity index (χ4n) is 1.58. The molecule has 19 heavy (non-hydrogen) atoms. The molecule has 6 nitrogen and oxygen atoms in total. The SMILES string of the molecule is CC[n+]1cc(-c2ccc([N+](=O)[O-])cc2)nc(SC)n1. The Morgan fingerprint density at radius 3 is 2.58 bits per heavy atom. The van der Waals surface area contributed by atoms with Crippen molar-refractivity contribution in [1.82, 2.24) is 10.1 Å². The number of hydrogen-bond donors (Lipinski definition) is 0. The van der Waals surface area contributed by atoms with Crippen LogP contribution in [0, 0.1) is 10.1 Å². The average molecular weight is 277 g/mol. The van der Waals surface area contributed by atoms with Crippen molar-refractivity contribution in [2.45, 2.75) is 18.6 Å². The Balaban J connectivity index is 2.42. The zero-order chi connectivity index (χ0) is 13.8. The van der Waals surface area contributed by atoms with E-state index in [-0.39, 0.29) is 5.69 Å². The number of aromatic nitrogens is 3. The molecule has 7 heteroatoms. The van der Waals surface area contributed by atoms with Gasteiger partial charge in [-0.2, -0.15) is 0 Å². The van der Waals surface area contributed by atoms with Crippen LogP contribution in [0.4, 0.5) is 5.69 Å². The van der Waals surface area contributed by atoms with Crippen LogP contribution in [0.5, 0.6) is 0 Å². The third-order valence-electron chi connectivity index (χ3n) is 2.58. The average Bonchev–Trinajstić information content (AvgIpc) is 2.46. The van der Waals surface area contributed by atoms with E-state index in [1.54, 1.807) is 16.8 Å². The number of benzene rings is 1. The zero-order valence-electron chi connectivity index (χ0n) is 10.6. The fourth-order valence-corrected chi connectivity index (χ4v) is 1.95. The lowest BCUT2D eigenvalue weighted by Gasteiger charge is -2.00. The van der Waals surface area contributed by atoms with Gasteiger partial charge in [-0.05, 0) is 25.3 Å². The summed E-state index contributed by atoms with van der Waals surface area (Å²) in [6.45, 7) is 2.74. The van der Waals surface area contributed by atoms with Gasteiger partial charge in [0.15, 0.2) is 6.54 Å². The molecule has 2 rings (SSSR count). The molecule has 0 atom stereocenters. The van der Waals surface area contributed by atoms with Crippen LogP contribution in [0.25, 0.3) is 11.3 Å². The molecule has 0 amide bonds. The molecule has 0 N–H and O–H groups in total. The molecular weight excluding hydrogens is 264 g/mol. The number of non-ortho nitro benzene ring substituents is 1. The standard InChI is InChI=1S/C12H13N4O2S/c1-3-15-8-11(13-12(14-15)19-2)9-4-6-10(7-5-9)16(17)18/h4-8H,3H2,1-2H3/q+1. The Morgan fingerprint density at radius 1 is 1.37 bits per heavy atom. The quantitative estimate of drug-likeness (QED) is 0.370. The van der Waals surface area contributed by atoms with Gasteiger partial charge in [0.25, 0.3) is 10.8 Å². The summed E-state index contributed by atoms with van der Waals surface area (Å²) in [6, 6.07) is 6.36. The molecule has 0 saturated carbocycles. The van der Waals surface area contributed by atoms with Crippen molar-refractivity contribution in [1.29, 1.82) is 0 Å². The maximum atomic E-state index is 10.6. The molecule has 0 saturated heterocycles. The summed E-state index contributed by atoms with van der Waals surface area (Å²) in [5.74, 6) is 0. The van der Waals surface area contributed by atoms with Gasteiger partial charge in [-0.15, -0.1) is 0 Å². The van der Waals surface area contributed by atoms with Gasteiger partial charge in [-0.3, -0.25) is 10.1 Å². The first-order chi connectivity index (χ1) is 9.13. The molecule has 0 radical (unpaired) electrons. The van der Waals surface area contributed by atoms with Crippen molar-refractivity contribution in [2.24, 2.45) is 0 Å². The topological polar surface area (TPSA) is 72.8 Å². The lowest BCUT2D eigenvalue weighted by molar-refractivity contribution is -0.754. The molecule has 0 spiro atoms. The fraction of sp³-hybridized carbons (Fsp3) is 0.250. The summed E-state index contributed by atoms with van der Waals surface area (Å²) in [6.07, 6.45) is 3.75. The summed E-state index contributed by atoms with van der Waals surface area (Å²) in [5, 5.41) is 15.6. The van der Waals surface area contributed by atoms with E-state index in [0.29, 0.717) is 5.16 Å². The molecule has 0 unspecified atom stereocenters. The van der Waals surface area contributed by atoms with Crippen molar-refractivity contribution >= 4 is 17.4 Å². The Morgan fingerprint density at radius 2 is 2.05 bits per heavy atom. The van der Waals surface area contributed by atoms with E-state index in [4.69, 9.17) is 0 Å². The van der Waals surface area contributed by atoms with Crippen LogP contribution in [-0.2, 0) is 6.54 Å². The molecule has 0 fully saturated rings. The summed E-state index contributed by atoms with van der Waals surface area (Å²) in [5.41, 5.74) is 1.67. The molecule has 98 valence electrons. The number of aryl methyl sites for hydroxylation is 1. The second-order valence-corrected chi connectivity index (χ2v) is 4.55. The highest BCUT2D eigenvalue weighted by atomic mass is 32.2. The Labute approximate surface area is 114 Å². The smallest absolute Gasteiger partial charge is 0.258 e. The summed E-state index contributed by atoms with van der Waals surface area (Å²) < 4.78 is 1.80. The number of rotatable bonds is 4. The van der Waals surface area contributed by atoms with Crippen LogP contribution in [-0.4, -0.2) is 21.3 Å². The van der Waals surface area contributed by atoms with E-state index in [1.165, 1.54) is 23.9 Å². The van der Waals surface area contributed by atoms with Crippen molar-refractivity contribution < 1.29 is 9.61 Å². The number of thioether (sulfide) groups is 1. The van der Waals surface area contributed by atoms with Crippen molar-refractivity contribution in [3.8, 4) is 11.3 Å². The van der Waals surface area contributed by atoms with Gasteiger partial charge in [-0.1, -0.05) is 16.4 Å². The highest BCUT2D eigenvalue weighted by Crippen LogP contribution is 2.20. The lowest BCUT2D eigenvalue weighted by Crippen LogP contribution is -2.37. The van der Waals surface area contributed by atoms with Crippen LogP contribution < -0.4 is 4.68 Å². The molecule has 0 aliphatic rings. The Bertz CT molecular complexity index is 579. The van der Waals surface area contributed by atoms with Gasteiger partial charge >= 0.3 is 0 Å². The molecule has 0 aliphatic heterocycles. The first-order valence-corrected chi connectivity index (χ1v) is 6.94. The minimum Gasteiger partial charge on any atom is -0.258 e. The van der Waals surface area contributed by atoms with E-state index >= 15 is 0 Å². The molecule has 0 aliphatic carbocycles. The van der Waals surface area contributed by atoms with Gasteiger partial charge in [0, 0.05) is 22.8 Å². The normalized spacial score (nSPS) is 10.4. The minimum atomic E-state index is -0.413. The zero-order valence-corrected chi connectivity index (χ0v) is 11.4.